The number of para-hydroxylation sites is 1. The van der Waals surface area contributed by atoms with Gasteiger partial charge in [-0.2, -0.15) is 0 Å². The minimum atomic E-state index is -0.386. The Labute approximate surface area is 98.2 Å². The first-order valence-electron chi connectivity index (χ1n) is 5.16. The number of aromatic amines is 1. The Morgan fingerprint density at radius 3 is 2.65 bits per heavy atom. The lowest BCUT2D eigenvalue weighted by Crippen LogP contribution is -2.16. The number of allylic oxidation sites excluding steroid dienone is 1. The van der Waals surface area contributed by atoms with Gasteiger partial charge in [0.05, 0.1) is 11.4 Å². The first-order chi connectivity index (χ1) is 8.27. The molecule has 1 N–H and O–H groups in total. The van der Waals surface area contributed by atoms with Crippen LogP contribution in [0.25, 0.3) is 5.69 Å². The van der Waals surface area contributed by atoms with Gasteiger partial charge >= 0.3 is 0 Å². The second kappa shape index (κ2) is 4.65. The van der Waals surface area contributed by atoms with E-state index < -0.39 is 0 Å². The molecule has 0 bridgehead atoms. The van der Waals surface area contributed by atoms with Crippen molar-refractivity contribution in [1.29, 1.82) is 0 Å². The molecule has 0 fully saturated rings. The lowest BCUT2D eigenvalue weighted by molar-refractivity contribution is 0.562. The van der Waals surface area contributed by atoms with E-state index in [1.54, 1.807) is 24.5 Å². The first kappa shape index (κ1) is 11.1. The maximum absolute atomic E-state index is 11.9. The standard InChI is InChI=1S/C13H11N2O2/c1-2-6-12-11(9-16)13(17)15(14-12)10-7-4-3-5-8-10/h2-5,7-8,14H,1,6H2. The normalized spacial score (nSPS) is 10.1. The topological polar surface area (TPSA) is 54.9 Å². The fourth-order valence-electron chi connectivity index (χ4n) is 1.64. The van der Waals surface area contributed by atoms with Crippen LogP contribution >= 0.6 is 0 Å². The largest absolute Gasteiger partial charge is 0.294 e. The summed E-state index contributed by atoms with van der Waals surface area (Å²) in [4.78, 5) is 22.7. The zero-order chi connectivity index (χ0) is 12.3. The molecule has 2 aromatic rings. The molecule has 4 heteroatoms. The zero-order valence-electron chi connectivity index (χ0n) is 9.14. The molecule has 17 heavy (non-hydrogen) atoms. The van der Waals surface area contributed by atoms with E-state index in [4.69, 9.17) is 0 Å². The van der Waals surface area contributed by atoms with Crippen molar-refractivity contribution in [2.45, 2.75) is 6.42 Å². The van der Waals surface area contributed by atoms with Crippen LogP contribution < -0.4 is 5.56 Å². The summed E-state index contributed by atoms with van der Waals surface area (Å²) in [6.07, 6.45) is 3.73. The molecule has 1 aromatic carbocycles. The highest BCUT2D eigenvalue weighted by Gasteiger charge is 2.13. The lowest BCUT2D eigenvalue weighted by atomic mass is 10.2. The molecule has 0 spiro atoms. The van der Waals surface area contributed by atoms with Gasteiger partial charge in [0.15, 0.2) is 0 Å². The highest BCUT2D eigenvalue weighted by Crippen LogP contribution is 2.06. The maximum atomic E-state index is 11.9. The number of rotatable bonds is 4. The molecule has 1 radical (unpaired) electrons. The van der Waals surface area contributed by atoms with Gasteiger partial charge in [-0.05, 0) is 12.1 Å². The van der Waals surface area contributed by atoms with Crippen molar-refractivity contribution in [2.75, 3.05) is 0 Å². The second-order valence-electron chi connectivity index (χ2n) is 3.54. The molecular weight excluding hydrogens is 216 g/mol. The summed E-state index contributed by atoms with van der Waals surface area (Å²) in [6.45, 7) is 3.58. The summed E-state index contributed by atoms with van der Waals surface area (Å²) in [5, 5.41) is 2.89. The van der Waals surface area contributed by atoms with Crippen molar-refractivity contribution >= 4 is 6.29 Å². The summed E-state index contributed by atoms with van der Waals surface area (Å²) >= 11 is 0. The molecule has 0 aliphatic carbocycles. The molecule has 1 aromatic heterocycles. The zero-order valence-corrected chi connectivity index (χ0v) is 9.14. The van der Waals surface area contributed by atoms with E-state index in [-0.39, 0.29) is 11.1 Å². The predicted octanol–water partition coefficient (Wildman–Crippen LogP) is 1.35. The Kier molecular flexibility index (Phi) is 3.05. The Bertz CT molecular complexity index is 594. The quantitative estimate of drug-likeness (QED) is 0.801. The van der Waals surface area contributed by atoms with Gasteiger partial charge in [-0.25, -0.2) is 4.68 Å². The monoisotopic (exact) mass is 227 g/mol. The molecule has 0 amide bonds. The summed E-state index contributed by atoms with van der Waals surface area (Å²) in [6, 6.07) is 9.06. The van der Waals surface area contributed by atoms with Crippen LogP contribution in [0.3, 0.4) is 0 Å². The van der Waals surface area contributed by atoms with Crippen molar-refractivity contribution in [3.63, 3.8) is 0 Å². The number of hydrogen-bond donors (Lipinski definition) is 1. The number of H-pyrrole nitrogens is 1. The van der Waals surface area contributed by atoms with Crippen molar-refractivity contribution in [2.24, 2.45) is 0 Å². The molecule has 1 heterocycles. The van der Waals surface area contributed by atoms with Crippen LogP contribution in [0.5, 0.6) is 0 Å². The molecule has 0 unspecified atom stereocenters. The number of nitrogens with one attached hydrogen (secondary N) is 1. The average Bonchev–Trinajstić information content (AvgIpc) is 2.67. The molecule has 4 nitrogen and oxygen atoms in total. The van der Waals surface area contributed by atoms with Crippen LogP contribution in [0, 0.1) is 0 Å². The van der Waals surface area contributed by atoms with Gasteiger partial charge in [-0.3, -0.25) is 14.7 Å². The van der Waals surface area contributed by atoms with E-state index in [1.807, 2.05) is 18.2 Å². The molecule has 2 rings (SSSR count). The van der Waals surface area contributed by atoms with Crippen LogP contribution in [-0.2, 0) is 11.2 Å². The van der Waals surface area contributed by atoms with E-state index in [1.165, 1.54) is 4.68 Å². The van der Waals surface area contributed by atoms with Gasteiger partial charge < -0.3 is 0 Å². The van der Waals surface area contributed by atoms with E-state index >= 15 is 0 Å². The molecule has 85 valence electrons. The SMILES string of the molecule is C=CCc1[nH]n(-c2ccccc2)c(=O)c1[C]=O. The Balaban J connectivity index is 2.60. The van der Waals surface area contributed by atoms with Crippen LogP contribution in [0.15, 0.2) is 47.8 Å². The number of aromatic nitrogens is 2. The smallest absolute Gasteiger partial charge is 0.282 e. The van der Waals surface area contributed by atoms with Crippen LogP contribution in [0.1, 0.15) is 11.3 Å². The summed E-state index contributed by atoms with van der Waals surface area (Å²) in [7, 11) is 0. The fraction of sp³-hybridized carbons (Fsp3) is 0.0769. The first-order valence-corrected chi connectivity index (χ1v) is 5.16. The molecule has 0 aliphatic heterocycles. The van der Waals surface area contributed by atoms with Gasteiger partial charge in [0, 0.05) is 6.42 Å². The molecule has 0 aliphatic rings. The number of carbonyl (C=O) groups excluding carboxylic acids is 1. The van der Waals surface area contributed by atoms with Crippen LogP contribution in [-0.4, -0.2) is 16.1 Å². The van der Waals surface area contributed by atoms with Gasteiger partial charge in [0.2, 0.25) is 6.29 Å². The van der Waals surface area contributed by atoms with E-state index in [0.29, 0.717) is 17.8 Å². The lowest BCUT2D eigenvalue weighted by Gasteiger charge is -2.00. The third kappa shape index (κ3) is 1.97. The van der Waals surface area contributed by atoms with Gasteiger partial charge in [0.1, 0.15) is 5.56 Å². The average molecular weight is 227 g/mol. The van der Waals surface area contributed by atoms with E-state index in [0.717, 1.165) is 0 Å². The molecule has 0 atom stereocenters. The number of nitrogens with zero attached hydrogens (tertiary/aromatic N) is 1. The van der Waals surface area contributed by atoms with Crippen molar-refractivity contribution in [3.05, 3.63) is 64.6 Å². The van der Waals surface area contributed by atoms with Crippen LogP contribution in [0.4, 0.5) is 0 Å². The van der Waals surface area contributed by atoms with E-state index in [9.17, 15) is 9.59 Å². The minimum absolute atomic E-state index is 0.0359. The molecule has 0 saturated heterocycles. The highest BCUT2D eigenvalue weighted by atomic mass is 16.1. The number of hydrogen-bond acceptors (Lipinski definition) is 2. The number of benzene rings is 1. The van der Waals surface area contributed by atoms with Crippen molar-refractivity contribution in [1.82, 2.24) is 9.78 Å². The van der Waals surface area contributed by atoms with E-state index in [2.05, 4.69) is 11.7 Å². The third-order valence-corrected chi connectivity index (χ3v) is 2.43. The second-order valence-corrected chi connectivity index (χ2v) is 3.54. The summed E-state index contributed by atoms with van der Waals surface area (Å²) < 4.78 is 1.33. The fourth-order valence-corrected chi connectivity index (χ4v) is 1.64. The van der Waals surface area contributed by atoms with Crippen molar-refractivity contribution in [3.8, 4) is 5.69 Å². The predicted molar refractivity (Wildman–Crippen MR) is 65.1 cm³/mol. The summed E-state index contributed by atoms with van der Waals surface area (Å²) in [5.41, 5.74) is 0.866. The minimum Gasteiger partial charge on any atom is -0.294 e. The Hall–Kier alpha value is -2.36. The van der Waals surface area contributed by atoms with Gasteiger partial charge in [-0.1, -0.05) is 24.3 Å². The summed E-state index contributed by atoms with van der Waals surface area (Å²) in [5.74, 6) is 0. The Morgan fingerprint density at radius 1 is 1.35 bits per heavy atom. The van der Waals surface area contributed by atoms with Crippen molar-refractivity contribution < 1.29 is 4.79 Å². The molecular formula is C13H11N2O2. The van der Waals surface area contributed by atoms with Gasteiger partial charge in [-0.15, -0.1) is 6.58 Å². The van der Waals surface area contributed by atoms with Crippen LogP contribution in [0.2, 0.25) is 0 Å². The maximum Gasteiger partial charge on any atom is 0.282 e. The van der Waals surface area contributed by atoms with Gasteiger partial charge in [0.25, 0.3) is 5.56 Å². The molecule has 0 saturated carbocycles. The Morgan fingerprint density at radius 2 is 2.06 bits per heavy atom. The highest BCUT2D eigenvalue weighted by molar-refractivity contribution is 5.76. The third-order valence-electron chi connectivity index (χ3n) is 2.43.